The molecule has 0 radical (unpaired) electrons. The minimum atomic E-state index is -0.780. The third-order valence-corrected chi connectivity index (χ3v) is 14.4. The van der Waals surface area contributed by atoms with E-state index in [4.69, 9.17) is 14.2 Å². The molecule has 0 saturated carbocycles. The third kappa shape index (κ3) is 61.7. The lowest BCUT2D eigenvalue weighted by Crippen LogP contribution is -2.30. The Morgan fingerprint density at radius 1 is 0.276 bits per heavy atom. The van der Waals surface area contributed by atoms with Gasteiger partial charge in [0.2, 0.25) is 0 Å². The normalized spacial score (nSPS) is 12.5. The van der Waals surface area contributed by atoms with E-state index in [0.717, 1.165) is 103 Å². The molecule has 6 nitrogen and oxygen atoms in total. The number of ether oxygens (including phenoxy) is 3. The molecule has 0 aliphatic heterocycles. The standard InChI is InChI=1S/C70H124O6/c1-4-7-10-13-16-19-22-25-26-27-28-29-30-31-32-33-34-35-36-37-38-39-40-41-42-43-44-46-48-51-54-57-60-63-69(72)75-66-67(65-74-68(71)62-59-56-53-50-47-24-21-18-15-12-9-6-3)76-70(73)64-61-58-55-52-49-45-23-20-17-14-11-8-5-2/h7,10,16,18-21,23,25-26,28-29,67H,4-6,8-9,11-15,17,22,24,27,30-66H2,1-3H3/b10-7-,19-16-,21-18-,23-20-,26-25-,29-28-. The monoisotopic (exact) mass is 1060 g/mol. The summed E-state index contributed by atoms with van der Waals surface area (Å²) in [5.41, 5.74) is 0. The topological polar surface area (TPSA) is 78.9 Å². The van der Waals surface area contributed by atoms with Gasteiger partial charge in [-0.3, -0.25) is 14.4 Å². The smallest absolute Gasteiger partial charge is 0.306 e. The molecule has 0 aromatic carbocycles. The number of hydrogen-bond donors (Lipinski definition) is 0. The molecule has 1 atom stereocenters. The van der Waals surface area contributed by atoms with Crippen molar-refractivity contribution >= 4 is 17.9 Å². The fourth-order valence-electron chi connectivity index (χ4n) is 9.48. The summed E-state index contributed by atoms with van der Waals surface area (Å²) < 4.78 is 16.9. The molecule has 1 unspecified atom stereocenters. The first-order valence-corrected chi connectivity index (χ1v) is 32.9. The highest BCUT2D eigenvalue weighted by atomic mass is 16.6. The van der Waals surface area contributed by atoms with E-state index in [0.29, 0.717) is 19.3 Å². The first-order chi connectivity index (χ1) is 37.5. The summed E-state index contributed by atoms with van der Waals surface area (Å²) in [5, 5.41) is 0. The van der Waals surface area contributed by atoms with Crippen molar-refractivity contribution in [3.63, 3.8) is 0 Å². The van der Waals surface area contributed by atoms with Gasteiger partial charge >= 0.3 is 17.9 Å². The number of unbranched alkanes of at least 4 members (excludes halogenated alkanes) is 37. The van der Waals surface area contributed by atoms with Crippen LogP contribution in [0.5, 0.6) is 0 Å². The summed E-state index contributed by atoms with van der Waals surface area (Å²) in [6.07, 6.45) is 83.6. The second-order valence-corrected chi connectivity index (χ2v) is 22.0. The number of allylic oxidation sites excluding steroid dienone is 12. The minimum Gasteiger partial charge on any atom is -0.462 e. The van der Waals surface area contributed by atoms with Crippen LogP contribution in [0.4, 0.5) is 0 Å². The highest BCUT2D eigenvalue weighted by molar-refractivity contribution is 5.71. The summed E-state index contributed by atoms with van der Waals surface area (Å²) in [5.74, 6) is -0.880. The van der Waals surface area contributed by atoms with Crippen LogP contribution in [0.1, 0.15) is 335 Å². The molecule has 0 aliphatic carbocycles. The predicted molar refractivity (Wildman–Crippen MR) is 330 cm³/mol. The van der Waals surface area contributed by atoms with Gasteiger partial charge < -0.3 is 14.2 Å². The SMILES string of the molecule is CC/C=C\C/C=C\C/C=C\C/C=C\CCCCCCCCCCCCCCCCCCCCCCC(=O)OCC(COC(=O)CCCCCCC/C=C\CCCCC)OC(=O)CCCCCCC/C=C\CCCCCC. The molecule has 0 saturated heterocycles. The molecule has 0 fully saturated rings. The van der Waals surface area contributed by atoms with Crippen molar-refractivity contribution < 1.29 is 28.6 Å². The summed E-state index contributed by atoms with van der Waals surface area (Å²) in [6.45, 7) is 6.51. The average Bonchev–Trinajstić information content (AvgIpc) is 3.42. The molecule has 0 spiro atoms. The van der Waals surface area contributed by atoms with Gasteiger partial charge in [-0.15, -0.1) is 0 Å². The van der Waals surface area contributed by atoms with Gasteiger partial charge in [-0.1, -0.05) is 280 Å². The number of carbonyl (C=O) groups is 3. The van der Waals surface area contributed by atoms with Crippen LogP contribution in [0.15, 0.2) is 72.9 Å². The van der Waals surface area contributed by atoms with E-state index >= 15 is 0 Å². The maximum atomic E-state index is 12.8. The van der Waals surface area contributed by atoms with Crippen molar-refractivity contribution in [2.75, 3.05) is 13.2 Å². The maximum absolute atomic E-state index is 12.8. The zero-order valence-corrected chi connectivity index (χ0v) is 50.5. The minimum absolute atomic E-state index is 0.0771. The van der Waals surface area contributed by atoms with Gasteiger partial charge in [-0.05, 0) is 109 Å². The van der Waals surface area contributed by atoms with E-state index in [1.165, 1.54) is 193 Å². The van der Waals surface area contributed by atoms with E-state index in [1.807, 2.05) is 0 Å². The van der Waals surface area contributed by atoms with Crippen LogP contribution in [-0.4, -0.2) is 37.2 Å². The van der Waals surface area contributed by atoms with E-state index in [2.05, 4.69) is 93.7 Å². The lowest BCUT2D eigenvalue weighted by molar-refractivity contribution is -0.167. The quantitative estimate of drug-likeness (QED) is 0.0261. The molecule has 0 amide bonds. The summed E-state index contributed by atoms with van der Waals surface area (Å²) in [7, 11) is 0. The highest BCUT2D eigenvalue weighted by Gasteiger charge is 2.19. The van der Waals surface area contributed by atoms with E-state index in [9.17, 15) is 14.4 Å². The Labute approximate surface area is 472 Å². The predicted octanol–water partition coefficient (Wildman–Crippen LogP) is 22.5. The van der Waals surface area contributed by atoms with E-state index < -0.39 is 6.10 Å². The van der Waals surface area contributed by atoms with Crippen molar-refractivity contribution in [3.05, 3.63) is 72.9 Å². The van der Waals surface area contributed by atoms with Gasteiger partial charge in [0, 0.05) is 19.3 Å². The molecule has 0 heterocycles. The second kappa shape index (κ2) is 64.4. The Kier molecular flexibility index (Phi) is 61.7. The van der Waals surface area contributed by atoms with Gasteiger partial charge in [-0.2, -0.15) is 0 Å². The molecular weight excluding hydrogens is 937 g/mol. The molecule has 6 heteroatoms. The van der Waals surface area contributed by atoms with Crippen LogP contribution in [-0.2, 0) is 28.6 Å². The Bertz CT molecular complexity index is 1400. The second-order valence-electron chi connectivity index (χ2n) is 22.0. The molecule has 0 aromatic rings. The van der Waals surface area contributed by atoms with Crippen LogP contribution < -0.4 is 0 Å². The highest BCUT2D eigenvalue weighted by Crippen LogP contribution is 2.17. The molecule has 440 valence electrons. The van der Waals surface area contributed by atoms with Gasteiger partial charge in [0.15, 0.2) is 6.10 Å². The van der Waals surface area contributed by atoms with Crippen LogP contribution in [0.25, 0.3) is 0 Å². The zero-order valence-electron chi connectivity index (χ0n) is 50.5. The molecular formula is C70H124O6. The largest absolute Gasteiger partial charge is 0.462 e. The van der Waals surface area contributed by atoms with Crippen molar-refractivity contribution in [1.29, 1.82) is 0 Å². The molecule has 0 bridgehead atoms. The molecule has 76 heavy (non-hydrogen) atoms. The van der Waals surface area contributed by atoms with Gasteiger partial charge in [0.25, 0.3) is 0 Å². The Balaban J connectivity index is 4.07. The fraction of sp³-hybridized carbons (Fsp3) is 0.786. The van der Waals surface area contributed by atoms with Crippen LogP contribution in [0, 0.1) is 0 Å². The van der Waals surface area contributed by atoms with Crippen molar-refractivity contribution in [1.82, 2.24) is 0 Å². The number of rotatable bonds is 60. The lowest BCUT2D eigenvalue weighted by Gasteiger charge is -2.18. The van der Waals surface area contributed by atoms with Gasteiger partial charge in [-0.25, -0.2) is 0 Å². The molecule has 0 aliphatic rings. The Hall–Kier alpha value is -3.15. The Morgan fingerprint density at radius 2 is 0.513 bits per heavy atom. The lowest BCUT2D eigenvalue weighted by atomic mass is 10.0. The van der Waals surface area contributed by atoms with Crippen LogP contribution in [0.3, 0.4) is 0 Å². The average molecular weight is 1060 g/mol. The van der Waals surface area contributed by atoms with Crippen LogP contribution in [0.2, 0.25) is 0 Å². The van der Waals surface area contributed by atoms with Crippen molar-refractivity contribution in [3.8, 4) is 0 Å². The van der Waals surface area contributed by atoms with Crippen molar-refractivity contribution in [2.24, 2.45) is 0 Å². The first kappa shape index (κ1) is 72.8. The zero-order chi connectivity index (χ0) is 55.0. The summed E-state index contributed by atoms with van der Waals surface area (Å²) >= 11 is 0. The van der Waals surface area contributed by atoms with E-state index in [1.54, 1.807) is 0 Å². The maximum Gasteiger partial charge on any atom is 0.306 e. The number of carbonyl (C=O) groups excluding carboxylic acids is 3. The first-order valence-electron chi connectivity index (χ1n) is 32.9. The Morgan fingerprint density at radius 3 is 0.842 bits per heavy atom. The number of esters is 3. The fourth-order valence-corrected chi connectivity index (χ4v) is 9.48. The number of hydrogen-bond acceptors (Lipinski definition) is 6. The molecule has 0 N–H and O–H groups in total. The van der Waals surface area contributed by atoms with Crippen molar-refractivity contribution in [2.45, 2.75) is 341 Å². The molecule has 0 rings (SSSR count). The van der Waals surface area contributed by atoms with Crippen LogP contribution >= 0.6 is 0 Å². The third-order valence-electron chi connectivity index (χ3n) is 14.4. The van der Waals surface area contributed by atoms with E-state index in [-0.39, 0.29) is 31.1 Å². The van der Waals surface area contributed by atoms with Gasteiger partial charge in [0.05, 0.1) is 0 Å². The summed E-state index contributed by atoms with van der Waals surface area (Å²) in [6, 6.07) is 0. The summed E-state index contributed by atoms with van der Waals surface area (Å²) in [4.78, 5) is 38.2. The molecule has 0 aromatic heterocycles. The van der Waals surface area contributed by atoms with Gasteiger partial charge in [0.1, 0.15) is 13.2 Å².